The second kappa shape index (κ2) is 7.33. The number of ether oxygens (including phenoxy) is 1. The molecule has 1 fully saturated rings. The van der Waals surface area contributed by atoms with Crippen molar-refractivity contribution in [3.8, 4) is 5.75 Å². The normalized spacial score (nSPS) is 17.6. The first-order valence-corrected chi connectivity index (χ1v) is 8.68. The van der Waals surface area contributed by atoms with Gasteiger partial charge in [-0.25, -0.2) is 0 Å². The summed E-state index contributed by atoms with van der Waals surface area (Å²) in [6.07, 6.45) is 9.01. The molecule has 1 aromatic carbocycles. The van der Waals surface area contributed by atoms with Crippen LogP contribution < -0.4 is 4.74 Å². The second-order valence-electron chi connectivity index (χ2n) is 5.88. The third kappa shape index (κ3) is 4.24. The first-order valence-electron chi connectivity index (χ1n) is 7.56. The van der Waals surface area contributed by atoms with E-state index in [9.17, 15) is 0 Å². The monoisotopic (exact) mass is 324 g/mol. The van der Waals surface area contributed by atoms with Gasteiger partial charge in [0.2, 0.25) is 0 Å². The molecular weight excluding hydrogens is 300 g/mol. The molecule has 0 heterocycles. The summed E-state index contributed by atoms with van der Waals surface area (Å²) < 4.78 is 6.01. The maximum Gasteiger partial charge on any atom is 0.119 e. The average Bonchev–Trinajstić information content (AvgIpc) is 2.93. The van der Waals surface area contributed by atoms with Crippen LogP contribution in [0.5, 0.6) is 5.75 Å². The second-order valence-corrected chi connectivity index (χ2v) is 6.44. The van der Waals surface area contributed by atoms with Gasteiger partial charge in [-0.05, 0) is 43.4 Å². The minimum Gasteiger partial charge on any atom is -0.493 e. The van der Waals surface area contributed by atoms with Crippen molar-refractivity contribution in [2.75, 3.05) is 11.9 Å². The molecule has 0 atom stereocenters. The third-order valence-electron chi connectivity index (χ3n) is 4.24. The van der Waals surface area contributed by atoms with Gasteiger partial charge in [0.1, 0.15) is 5.75 Å². The van der Waals surface area contributed by atoms with Gasteiger partial charge in [0, 0.05) is 10.7 Å². The number of rotatable bonds is 7. The molecule has 106 valence electrons. The molecule has 0 spiro atoms. The molecule has 2 heteroatoms. The summed E-state index contributed by atoms with van der Waals surface area (Å²) in [4.78, 5) is 0. The zero-order valence-corrected chi connectivity index (χ0v) is 13.5. The van der Waals surface area contributed by atoms with Crippen molar-refractivity contribution in [2.24, 2.45) is 5.41 Å². The number of hydrogen-bond acceptors (Lipinski definition) is 1. The molecule has 0 unspecified atom stereocenters. The number of benzene rings is 1. The zero-order valence-electron chi connectivity index (χ0n) is 12.0. The van der Waals surface area contributed by atoms with Crippen LogP contribution in [0.2, 0.25) is 0 Å². The van der Waals surface area contributed by atoms with Crippen molar-refractivity contribution in [1.82, 2.24) is 0 Å². The van der Waals surface area contributed by atoms with E-state index in [1.165, 1.54) is 50.5 Å². The van der Waals surface area contributed by atoms with Gasteiger partial charge in [0.25, 0.3) is 0 Å². The molecule has 1 aliphatic carbocycles. The van der Waals surface area contributed by atoms with Gasteiger partial charge < -0.3 is 4.74 Å². The van der Waals surface area contributed by atoms with Crippen LogP contribution >= 0.6 is 15.9 Å². The van der Waals surface area contributed by atoms with E-state index in [0.29, 0.717) is 5.41 Å². The Balaban J connectivity index is 1.85. The Kier molecular flexibility index (Phi) is 5.75. The molecule has 1 saturated carbocycles. The van der Waals surface area contributed by atoms with E-state index in [4.69, 9.17) is 4.74 Å². The van der Waals surface area contributed by atoms with Crippen molar-refractivity contribution in [2.45, 2.75) is 51.9 Å². The molecule has 0 N–H and O–H groups in total. The molecule has 0 bridgehead atoms. The van der Waals surface area contributed by atoms with Crippen LogP contribution in [0.4, 0.5) is 0 Å². The van der Waals surface area contributed by atoms with Gasteiger partial charge in [-0.1, -0.05) is 54.2 Å². The van der Waals surface area contributed by atoms with E-state index in [1.54, 1.807) is 0 Å². The summed E-state index contributed by atoms with van der Waals surface area (Å²) in [6, 6.07) is 8.67. The van der Waals surface area contributed by atoms with Crippen LogP contribution in [-0.2, 0) is 6.42 Å². The summed E-state index contributed by atoms with van der Waals surface area (Å²) in [5.74, 6) is 1.02. The minimum absolute atomic E-state index is 0.376. The van der Waals surface area contributed by atoms with Crippen molar-refractivity contribution in [3.63, 3.8) is 0 Å². The molecule has 0 amide bonds. The molecule has 0 radical (unpaired) electrons. The lowest BCUT2D eigenvalue weighted by molar-refractivity contribution is 0.174. The van der Waals surface area contributed by atoms with Crippen LogP contribution in [0.25, 0.3) is 0 Å². The summed E-state index contributed by atoms with van der Waals surface area (Å²) in [5, 5.41) is 1.06. The Morgan fingerprint density at radius 1 is 1.16 bits per heavy atom. The molecule has 1 aromatic rings. The van der Waals surface area contributed by atoms with Crippen molar-refractivity contribution >= 4 is 15.9 Å². The predicted octanol–water partition coefficient (Wildman–Crippen LogP) is 5.36. The molecular formula is C17H25BrO. The molecule has 0 aromatic heterocycles. The van der Waals surface area contributed by atoms with Crippen LogP contribution in [0, 0.1) is 5.41 Å². The predicted molar refractivity (Wildman–Crippen MR) is 85.2 cm³/mol. The van der Waals surface area contributed by atoms with E-state index in [-0.39, 0.29) is 0 Å². The van der Waals surface area contributed by atoms with E-state index in [1.807, 2.05) is 0 Å². The van der Waals surface area contributed by atoms with E-state index < -0.39 is 0 Å². The summed E-state index contributed by atoms with van der Waals surface area (Å²) in [7, 11) is 0. The fraction of sp³-hybridized carbons (Fsp3) is 0.647. The topological polar surface area (TPSA) is 9.23 Å². The van der Waals surface area contributed by atoms with Gasteiger partial charge in [0.15, 0.2) is 0 Å². The van der Waals surface area contributed by atoms with Crippen LogP contribution in [0.1, 0.15) is 51.0 Å². The summed E-state index contributed by atoms with van der Waals surface area (Å²) in [5.41, 5.74) is 1.80. The first-order chi connectivity index (χ1) is 9.28. The van der Waals surface area contributed by atoms with E-state index in [2.05, 4.69) is 47.1 Å². The lowest BCUT2D eigenvalue weighted by Gasteiger charge is -2.26. The third-order valence-corrected chi connectivity index (χ3v) is 5.42. The minimum atomic E-state index is 0.376. The number of aryl methyl sites for hydroxylation is 1. The standard InChI is InChI=1S/C17H25BrO/c1-2-3-6-15-7-9-16(10-8-15)19-14-17(13-18)11-4-5-12-17/h7-10H,2-6,11-14H2,1H3. The van der Waals surface area contributed by atoms with Gasteiger partial charge in [-0.3, -0.25) is 0 Å². The van der Waals surface area contributed by atoms with Crippen LogP contribution in [0.15, 0.2) is 24.3 Å². The summed E-state index contributed by atoms with van der Waals surface area (Å²) in [6.45, 7) is 3.09. The van der Waals surface area contributed by atoms with Gasteiger partial charge in [-0.15, -0.1) is 0 Å². The smallest absolute Gasteiger partial charge is 0.119 e. The van der Waals surface area contributed by atoms with E-state index in [0.717, 1.165) is 17.7 Å². The van der Waals surface area contributed by atoms with Gasteiger partial charge >= 0.3 is 0 Å². The maximum atomic E-state index is 6.01. The summed E-state index contributed by atoms with van der Waals surface area (Å²) >= 11 is 3.67. The lowest BCUT2D eigenvalue weighted by atomic mass is 9.90. The van der Waals surface area contributed by atoms with Gasteiger partial charge in [0.05, 0.1) is 6.61 Å². The first kappa shape index (κ1) is 14.9. The molecule has 1 aliphatic rings. The van der Waals surface area contributed by atoms with Gasteiger partial charge in [-0.2, -0.15) is 0 Å². The highest BCUT2D eigenvalue weighted by Gasteiger charge is 2.33. The highest BCUT2D eigenvalue weighted by Crippen LogP contribution is 2.40. The Labute approximate surface area is 125 Å². The molecule has 19 heavy (non-hydrogen) atoms. The number of halogens is 1. The number of hydrogen-bond donors (Lipinski definition) is 0. The Hall–Kier alpha value is -0.500. The van der Waals surface area contributed by atoms with Crippen molar-refractivity contribution in [1.29, 1.82) is 0 Å². The molecule has 2 rings (SSSR count). The Morgan fingerprint density at radius 2 is 1.84 bits per heavy atom. The number of alkyl halides is 1. The molecule has 0 saturated heterocycles. The Bertz CT molecular complexity index is 365. The SMILES string of the molecule is CCCCc1ccc(OCC2(CBr)CCCC2)cc1. The molecule has 1 nitrogen and oxygen atoms in total. The average molecular weight is 325 g/mol. The fourth-order valence-electron chi connectivity index (χ4n) is 2.81. The maximum absolute atomic E-state index is 6.01. The quantitative estimate of drug-likeness (QED) is 0.613. The highest BCUT2D eigenvalue weighted by molar-refractivity contribution is 9.09. The fourth-order valence-corrected chi connectivity index (χ4v) is 3.53. The van der Waals surface area contributed by atoms with Crippen molar-refractivity contribution in [3.05, 3.63) is 29.8 Å². The van der Waals surface area contributed by atoms with E-state index >= 15 is 0 Å². The zero-order chi connectivity index (χ0) is 13.6. The van der Waals surface area contributed by atoms with Crippen LogP contribution in [0.3, 0.4) is 0 Å². The highest BCUT2D eigenvalue weighted by atomic mass is 79.9. The molecule has 0 aliphatic heterocycles. The number of unbranched alkanes of at least 4 members (excludes halogenated alkanes) is 1. The van der Waals surface area contributed by atoms with Crippen LogP contribution in [-0.4, -0.2) is 11.9 Å². The lowest BCUT2D eigenvalue weighted by Crippen LogP contribution is -2.26. The van der Waals surface area contributed by atoms with Crippen molar-refractivity contribution < 1.29 is 4.74 Å². The Morgan fingerprint density at radius 3 is 2.42 bits per heavy atom. The largest absolute Gasteiger partial charge is 0.493 e.